The summed E-state index contributed by atoms with van der Waals surface area (Å²) in [6, 6.07) is 31.7. The SMILES string of the molecule is C.C.C.CCB(O)O.CCc1ccc(OC)c(S(=O)(=O)Nc2noc3cc(Br)ccc23)c1.CCc1ccc(OC)c(S(=O)(=O)Nc2noc3cc(CC)ccc23)c1.CCc1ccc(OC)c(S(=O)(=O)Nc2noc3cc(CC)ccc23)c1.[HH]. The van der Waals surface area contributed by atoms with Gasteiger partial charge < -0.3 is 37.8 Å². The van der Waals surface area contributed by atoms with Gasteiger partial charge in [0, 0.05) is 5.90 Å². The fourth-order valence-electron chi connectivity index (χ4n) is 7.54. The average Bonchev–Trinajstić information content (AvgIpc) is 4.43. The Morgan fingerprint density at radius 3 is 0.976 bits per heavy atom. The summed E-state index contributed by atoms with van der Waals surface area (Å²) in [7, 11) is -8.39. The monoisotopic (exact) mass is 1250 g/mol. The lowest BCUT2D eigenvalue weighted by Gasteiger charge is -2.11. The summed E-state index contributed by atoms with van der Waals surface area (Å²) in [4.78, 5) is 0.226. The first-order valence-electron chi connectivity index (χ1n) is 24.9. The summed E-state index contributed by atoms with van der Waals surface area (Å²) >= 11 is 3.33. The molecule has 0 aliphatic rings. The molecule has 0 aliphatic heterocycles. The van der Waals surface area contributed by atoms with Crippen LogP contribution in [0.3, 0.4) is 0 Å². The smallest absolute Gasteiger partial charge is 0.451 e. The van der Waals surface area contributed by atoms with E-state index < -0.39 is 37.2 Å². The molecule has 446 valence electrons. The van der Waals surface area contributed by atoms with Gasteiger partial charge in [0.2, 0.25) is 0 Å². The van der Waals surface area contributed by atoms with Crippen LogP contribution in [0, 0.1) is 0 Å². The molecule has 20 nitrogen and oxygen atoms in total. The van der Waals surface area contributed by atoms with Crippen LogP contribution in [-0.2, 0) is 62.2 Å². The number of fused-ring (bicyclic) bond motifs is 3. The lowest BCUT2D eigenvalue weighted by atomic mass is 9.88. The van der Waals surface area contributed by atoms with E-state index in [9.17, 15) is 25.3 Å². The van der Waals surface area contributed by atoms with Crippen molar-refractivity contribution in [2.75, 3.05) is 35.5 Å². The highest BCUT2D eigenvalue weighted by atomic mass is 79.9. The van der Waals surface area contributed by atoms with Crippen molar-refractivity contribution in [3.8, 4) is 17.2 Å². The van der Waals surface area contributed by atoms with Gasteiger partial charge in [0.1, 0.15) is 31.9 Å². The summed E-state index contributed by atoms with van der Waals surface area (Å²) < 4.78 is 117. The molecule has 0 saturated heterocycles. The molecule has 3 aromatic heterocycles. The minimum Gasteiger partial charge on any atom is -0.495 e. The van der Waals surface area contributed by atoms with E-state index in [1.54, 1.807) is 61.5 Å². The number of hydrogen-bond donors (Lipinski definition) is 5. The van der Waals surface area contributed by atoms with Crippen LogP contribution in [0.1, 0.15) is 93.1 Å². The Hall–Kier alpha value is -7.16. The third-order valence-corrected chi connectivity index (χ3v) is 16.7. The van der Waals surface area contributed by atoms with Gasteiger partial charge in [-0.3, -0.25) is 14.2 Å². The fourth-order valence-corrected chi connectivity index (χ4v) is 11.6. The molecule has 25 heteroatoms. The highest BCUT2D eigenvalue weighted by Gasteiger charge is 2.26. The van der Waals surface area contributed by atoms with Gasteiger partial charge in [-0.2, -0.15) is 0 Å². The van der Waals surface area contributed by atoms with Crippen molar-refractivity contribution in [2.24, 2.45) is 0 Å². The number of ether oxygens (including phenoxy) is 3. The Morgan fingerprint density at radius 1 is 0.451 bits per heavy atom. The predicted octanol–water partition coefficient (Wildman–Crippen LogP) is 13.1. The fraction of sp³-hybridized carbons (Fsp3) is 0.316. The van der Waals surface area contributed by atoms with Crippen molar-refractivity contribution >= 4 is 103 Å². The number of nitrogens with zero attached hydrogens (tertiary/aromatic N) is 3. The molecule has 6 aromatic carbocycles. The maximum absolute atomic E-state index is 12.8. The molecule has 5 N–H and O–H groups in total. The Kier molecular flexibility index (Phi) is 25.9. The molecule has 0 atom stereocenters. The predicted molar refractivity (Wildman–Crippen MR) is 331 cm³/mol. The van der Waals surface area contributed by atoms with Gasteiger partial charge in [0.25, 0.3) is 30.1 Å². The summed E-state index contributed by atoms with van der Waals surface area (Å²) in [5.74, 6) is 1.32. The summed E-state index contributed by atoms with van der Waals surface area (Å²) in [6.45, 7) is 11.6. The molecule has 0 saturated carbocycles. The molecule has 0 amide bonds. The normalized spacial score (nSPS) is 11.0. The molecule has 0 fully saturated rings. The molecule has 0 spiro atoms. The van der Waals surface area contributed by atoms with Crippen molar-refractivity contribution < 1.29 is 64.5 Å². The van der Waals surface area contributed by atoms with E-state index >= 15 is 0 Å². The van der Waals surface area contributed by atoms with Crippen molar-refractivity contribution in [2.45, 2.75) is 117 Å². The van der Waals surface area contributed by atoms with Crippen LogP contribution in [0.15, 0.2) is 142 Å². The Balaban J connectivity index is 0.000000398. The first-order chi connectivity index (χ1) is 37.7. The molecule has 0 aliphatic carbocycles. The molecule has 9 rings (SSSR count). The number of aryl methyl sites for hydroxylation is 5. The number of methoxy groups -OCH3 is 3. The highest BCUT2D eigenvalue weighted by Crippen LogP contribution is 2.34. The molecular weight excluding hydrogens is 1180 g/mol. The molecule has 82 heavy (non-hydrogen) atoms. The third kappa shape index (κ3) is 17.0. The second-order valence-electron chi connectivity index (χ2n) is 17.3. The molecule has 0 unspecified atom stereocenters. The standard InChI is InChI=1S/2C18H20N2O4S.C16H15BrN2O4S.C2H7BO2.3CH4.H2/c2*1-4-12-6-8-14-16(10-12)24-19-18(14)20-25(21,22)17-11-13(5-2)7-9-15(17)23-3;1-3-10-4-7-13(22-2)15(8-10)24(20,21)19-16-12-6-5-11(17)9-14(12)23-18-16;1-2-3(4)5;;;;/h2*6-11H,4-5H2,1-3H3,(H,19,20);4-9H,3H2,1-2H3,(H,18,19);4-5H,2H2,1H3;3*1H4;1H. The second-order valence-corrected chi connectivity index (χ2v) is 23.2. The van der Waals surface area contributed by atoms with Gasteiger partial charge in [-0.25, -0.2) is 25.3 Å². The minimum absolute atomic E-state index is 0. The minimum atomic E-state index is -3.87. The van der Waals surface area contributed by atoms with E-state index in [0.29, 0.717) is 45.6 Å². The quantitative estimate of drug-likeness (QED) is 0.0499. The number of aromatic nitrogens is 3. The van der Waals surface area contributed by atoms with Crippen LogP contribution in [0.25, 0.3) is 32.9 Å². The number of benzene rings is 6. The van der Waals surface area contributed by atoms with Gasteiger partial charge in [-0.15, -0.1) is 0 Å². The molecular formula is C57H76BBrN6O14S3. The van der Waals surface area contributed by atoms with Crippen molar-refractivity contribution in [3.63, 3.8) is 0 Å². The van der Waals surface area contributed by atoms with Crippen LogP contribution in [-0.4, -0.2) is 79.2 Å². The topological polar surface area (TPSA) is 285 Å². The Labute approximate surface area is 491 Å². The number of nitrogens with one attached hydrogen (secondary N) is 3. The molecule has 3 heterocycles. The first kappa shape index (κ1) is 69.1. The lowest BCUT2D eigenvalue weighted by Crippen LogP contribution is -2.15. The number of anilines is 3. The van der Waals surface area contributed by atoms with E-state index in [0.717, 1.165) is 58.0 Å². The first-order valence-corrected chi connectivity index (χ1v) is 30.2. The number of sulfonamides is 3. The van der Waals surface area contributed by atoms with Gasteiger partial charge in [-0.1, -0.05) is 126 Å². The van der Waals surface area contributed by atoms with Crippen LogP contribution < -0.4 is 28.4 Å². The summed E-state index contributed by atoms with van der Waals surface area (Å²) in [5.41, 5.74) is 6.46. The van der Waals surface area contributed by atoms with Crippen molar-refractivity contribution in [1.82, 2.24) is 15.5 Å². The maximum atomic E-state index is 12.8. The van der Waals surface area contributed by atoms with E-state index in [1.807, 2.05) is 89.2 Å². The van der Waals surface area contributed by atoms with E-state index in [1.165, 1.54) is 21.3 Å². The Morgan fingerprint density at radius 2 is 0.707 bits per heavy atom. The molecule has 0 bridgehead atoms. The zero-order chi connectivity index (χ0) is 57.7. The van der Waals surface area contributed by atoms with Gasteiger partial charge in [0.15, 0.2) is 34.2 Å². The number of halogens is 1. The van der Waals surface area contributed by atoms with Gasteiger partial charge in [0.05, 0.1) is 37.5 Å². The van der Waals surface area contributed by atoms with Crippen LogP contribution in [0.2, 0.25) is 6.32 Å². The average molecular weight is 1260 g/mol. The van der Waals surface area contributed by atoms with Crippen LogP contribution in [0.4, 0.5) is 17.5 Å². The van der Waals surface area contributed by atoms with Crippen LogP contribution >= 0.6 is 15.9 Å². The highest BCUT2D eigenvalue weighted by molar-refractivity contribution is 9.10. The third-order valence-electron chi connectivity index (χ3n) is 12.2. The zero-order valence-corrected chi connectivity index (χ0v) is 49.0. The summed E-state index contributed by atoms with van der Waals surface area (Å²) in [5, 5.41) is 29.2. The lowest BCUT2D eigenvalue weighted by molar-refractivity contribution is 0.402. The second kappa shape index (κ2) is 30.8. The van der Waals surface area contributed by atoms with Gasteiger partial charge >= 0.3 is 7.12 Å². The van der Waals surface area contributed by atoms with Gasteiger partial charge in [-0.05, 0) is 145 Å². The molecule has 0 radical (unpaired) electrons. The molecule has 9 aromatic rings. The van der Waals surface area contributed by atoms with E-state index in [-0.39, 0.29) is 73.1 Å². The maximum Gasteiger partial charge on any atom is 0.451 e. The zero-order valence-electron chi connectivity index (χ0n) is 45.0. The van der Waals surface area contributed by atoms with E-state index in [2.05, 4.69) is 45.6 Å². The summed E-state index contributed by atoms with van der Waals surface area (Å²) in [6.07, 6.45) is 4.29. The number of hydrogen-bond acceptors (Lipinski definition) is 17. The van der Waals surface area contributed by atoms with Crippen molar-refractivity contribution in [3.05, 3.63) is 141 Å². The van der Waals surface area contributed by atoms with Crippen molar-refractivity contribution in [1.29, 1.82) is 0 Å². The Bertz CT molecular complexity index is 3730. The number of rotatable bonds is 18. The van der Waals surface area contributed by atoms with E-state index in [4.69, 9.17) is 37.8 Å². The van der Waals surface area contributed by atoms with Crippen LogP contribution in [0.5, 0.6) is 17.2 Å². The largest absolute Gasteiger partial charge is 0.495 e.